The van der Waals surface area contributed by atoms with Crippen molar-refractivity contribution >= 4 is 23.4 Å². The summed E-state index contributed by atoms with van der Waals surface area (Å²) in [7, 11) is 1.37. The molecule has 0 bridgehead atoms. The zero-order chi connectivity index (χ0) is 12.3. The van der Waals surface area contributed by atoms with Crippen LogP contribution >= 0.6 is 11.8 Å². The fourth-order valence-corrected chi connectivity index (χ4v) is 2.28. The third kappa shape index (κ3) is 3.45. The van der Waals surface area contributed by atoms with Gasteiger partial charge in [-0.1, -0.05) is 20.8 Å². The molecule has 0 atom stereocenters. The Bertz CT molecular complexity index is 396. The fourth-order valence-electron chi connectivity index (χ4n) is 1.24. The van der Waals surface area contributed by atoms with Gasteiger partial charge in [0.2, 0.25) is 0 Å². The molecule has 0 amide bonds. The van der Waals surface area contributed by atoms with Crippen molar-refractivity contribution in [2.75, 3.05) is 12.8 Å². The average Bonchev–Trinajstić information content (AvgIpc) is 2.17. The van der Waals surface area contributed by atoms with Crippen LogP contribution in [0.1, 0.15) is 31.1 Å². The number of methoxy groups -OCH3 is 1. The second kappa shape index (κ2) is 4.78. The third-order valence-electron chi connectivity index (χ3n) is 1.83. The number of hydrogen-bond donors (Lipinski definition) is 1. The number of rotatable bonds is 2. The summed E-state index contributed by atoms with van der Waals surface area (Å²) in [5, 5.41) is 0. The Balaban J connectivity index is 3.13. The molecule has 1 aromatic rings. The first-order valence-electron chi connectivity index (χ1n) is 5.00. The highest BCUT2D eigenvalue weighted by molar-refractivity contribution is 8.00. The van der Waals surface area contributed by atoms with Gasteiger partial charge in [0.1, 0.15) is 0 Å². The zero-order valence-corrected chi connectivity index (χ0v) is 10.9. The number of nitrogens with two attached hydrogens (primary N) is 1. The molecule has 2 N–H and O–H groups in total. The number of carbonyl (C=O) groups excluding carboxylic acids is 1. The highest BCUT2D eigenvalue weighted by atomic mass is 32.2. The zero-order valence-electron chi connectivity index (χ0n) is 10.0. The first-order chi connectivity index (χ1) is 7.33. The molecule has 0 saturated carbocycles. The molecule has 0 saturated heterocycles. The Hall–Kier alpha value is -1.16. The molecule has 1 rings (SSSR count). The van der Waals surface area contributed by atoms with Gasteiger partial charge in [0.05, 0.1) is 12.7 Å². The molecule has 0 fully saturated rings. The van der Waals surface area contributed by atoms with Gasteiger partial charge in [-0.2, -0.15) is 0 Å². The summed E-state index contributed by atoms with van der Waals surface area (Å²) in [4.78, 5) is 12.5. The largest absolute Gasteiger partial charge is 0.465 e. The first kappa shape index (κ1) is 12.9. The Morgan fingerprint density at radius 1 is 1.38 bits per heavy atom. The van der Waals surface area contributed by atoms with Crippen molar-refractivity contribution in [3.63, 3.8) is 0 Å². The summed E-state index contributed by atoms with van der Waals surface area (Å²) in [5.74, 6) is -0.348. The number of thioether (sulfide) groups is 1. The number of ether oxygens (including phenoxy) is 1. The predicted molar refractivity (Wildman–Crippen MR) is 67.8 cm³/mol. The molecular formula is C12H17NO2S. The summed E-state index contributed by atoms with van der Waals surface area (Å²) in [6, 6.07) is 5.30. The van der Waals surface area contributed by atoms with Crippen molar-refractivity contribution in [2.24, 2.45) is 0 Å². The van der Waals surface area contributed by atoms with Crippen LogP contribution in [0, 0.1) is 0 Å². The van der Waals surface area contributed by atoms with Gasteiger partial charge in [-0.25, -0.2) is 4.79 Å². The maximum Gasteiger partial charge on any atom is 0.339 e. The van der Waals surface area contributed by atoms with Crippen LogP contribution in [0.3, 0.4) is 0 Å². The Morgan fingerprint density at radius 3 is 2.50 bits per heavy atom. The Morgan fingerprint density at radius 2 is 2.00 bits per heavy atom. The van der Waals surface area contributed by atoms with E-state index in [4.69, 9.17) is 10.5 Å². The molecule has 0 unspecified atom stereocenters. The third-order valence-corrected chi connectivity index (χ3v) is 3.01. The average molecular weight is 239 g/mol. The van der Waals surface area contributed by atoms with Crippen molar-refractivity contribution in [3.8, 4) is 0 Å². The molecule has 0 aliphatic heterocycles. The minimum atomic E-state index is -0.348. The lowest BCUT2D eigenvalue weighted by Gasteiger charge is -2.19. The summed E-state index contributed by atoms with van der Waals surface area (Å²) >= 11 is 1.62. The van der Waals surface area contributed by atoms with Crippen LogP contribution in [-0.4, -0.2) is 17.8 Å². The molecule has 4 heteroatoms. The van der Waals surface area contributed by atoms with Gasteiger partial charge in [-0.15, -0.1) is 11.8 Å². The molecule has 3 nitrogen and oxygen atoms in total. The SMILES string of the molecule is COC(=O)c1cc(N)ccc1SC(C)(C)C. The number of nitrogen functional groups attached to an aromatic ring is 1. The normalized spacial score (nSPS) is 11.2. The van der Waals surface area contributed by atoms with E-state index in [1.165, 1.54) is 7.11 Å². The monoisotopic (exact) mass is 239 g/mol. The van der Waals surface area contributed by atoms with Crippen LogP contribution in [-0.2, 0) is 4.74 Å². The quantitative estimate of drug-likeness (QED) is 0.490. The molecule has 0 heterocycles. The van der Waals surface area contributed by atoms with Gasteiger partial charge in [0.15, 0.2) is 0 Å². The van der Waals surface area contributed by atoms with Crippen LogP contribution in [0.4, 0.5) is 5.69 Å². The number of anilines is 1. The highest BCUT2D eigenvalue weighted by Crippen LogP contribution is 2.35. The van der Waals surface area contributed by atoms with Gasteiger partial charge < -0.3 is 10.5 Å². The molecule has 88 valence electrons. The maximum absolute atomic E-state index is 11.6. The van der Waals surface area contributed by atoms with E-state index in [-0.39, 0.29) is 10.7 Å². The molecular weight excluding hydrogens is 222 g/mol. The van der Waals surface area contributed by atoms with Crippen LogP contribution in [0.15, 0.2) is 23.1 Å². The summed E-state index contributed by atoms with van der Waals surface area (Å²) in [6.07, 6.45) is 0. The lowest BCUT2D eigenvalue weighted by molar-refractivity contribution is 0.0597. The van der Waals surface area contributed by atoms with Crippen LogP contribution in [0.2, 0.25) is 0 Å². The number of carbonyl (C=O) groups is 1. The van der Waals surface area contributed by atoms with Gasteiger partial charge in [-0.05, 0) is 18.2 Å². The standard InChI is InChI=1S/C12H17NO2S/c1-12(2,3)16-10-6-5-8(13)7-9(10)11(14)15-4/h5-7H,13H2,1-4H3. The van der Waals surface area contributed by atoms with E-state index < -0.39 is 0 Å². The fraction of sp³-hybridized carbons (Fsp3) is 0.417. The van der Waals surface area contributed by atoms with Crippen molar-refractivity contribution < 1.29 is 9.53 Å². The molecule has 0 radical (unpaired) electrons. The van der Waals surface area contributed by atoms with E-state index in [9.17, 15) is 4.79 Å². The summed E-state index contributed by atoms with van der Waals surface area (Å²) in [6.45, 7) is 6.28. The topological polar surface area (TPSA) is 52.3 Å². The van der Waals surface area contributed by atoms with Gasteiger partial charge in [-0.3, -0.25) is 0 Å². The van der Waals surface area contributed by atoms with E-state index in [1.807, 2.05) is 6.07 Å². The van der Waals surface area contributed by atoms with Crippen molar-refractivity contribution in [1.82, 2.24) is 0 Å². The molecule has 0 aromatic heterocycles. The summed E-state index contributed by atoms with van der Waals surface area (Å²) in [5.41, 5.74) is 6.76. The van der Waals surface area contributed by atoms with Crippen LogP contribution in [0.25, 0.3) is 0 Å². The molecule has 16 heavy (non-hydrogen) atoms. The number of esters is 1. The first-order valence-corrected chi connectivity index (χ1v) is 5.82. The van der Waals surface area contributed by atoms with E-state index in [0.717, 1.165) is 4.90 Å². The lowest BCUT2D eigenvalue weighted by atomic mass is 10.2. The van der Waals surface area contributed by atoms with Crippen molar-refractivity contribution in [2.45, 2.75) is 30.4 Å². The van der Waals surface area contributed by atoms with Crippen molar-refractivity contribution in [1.29, 1.82) is 0 Å². The van der Waals surface area contributed by atoms with Gasteiger partial charge >= 0.3 is 5.97 Å². The molecule has 1 aromatic carbocycles. The Labute approximate surface area is 100 Å². The van der Waals surface area contributed by atoms with Gasteiger partial charge in [0.25, 0.3) is 0 Å². The minimum absolute atomic E-state index is 0.0406. The molecule has 0 aliphatic carbocycles. The Kier molecular flexibility index (Phi) is 3.86. The smallest absolute Gasteiger partial charge is 0.339 e. The second-order valence-electron chi connectivity index (χ2n) is 4.46. The van der Waals surface area contributed by atoms with Crippen LogP contribution < -0.4 is 5.73 Å². The minimum Gasteiger partial charge on any atom is -0.465 e. The van der Waals surface area contributed by atoms with E-state index >= 15 is 0 Å². The second-order valence-corrected chi connectivity index (χ2v) is 6.33. The molecule has 0 aliphatic rings. The number of hydrogen-bond acceptors (Lipinski definition) is 4. The number of benzene rings is 1. The lowest BCUT2D eigenvalue weighted by Crippen LogP contribution is -2.10. The highest BCUT2D eigenvalue weighted by Gasteiger charge is 2.18. The van der Waals surface area contributed by atoms with E-state index in [1.54, 1.807) is 23.9 Å². The van der Waals surface area contributed by atoms with Crippen molar-refractivity contribution in [3.05, 3.63) is 23.8 Å². The van der Waals surface area contributed by atoms with Gasteiger partial charge in [0, 0.05) is 15.3 Å². The van der Waals surface area contributed by atoms with E-state index in [0.29, 0.717) is 11.3 Å². The maximum atomic E-state index is 11.6. The molecule has 0 spiro atoms. The van der Waals surface area contributed by atoms with Crippen LogP contribution in [0.5, 0.6) is 0 Å². The van der Waals surface area contributed by atoms with E-state index in [2.05, 4.69) is 20.8 Å². The summed E-state index contributed by atoms with van der Waals surface area (Å²) < 4.78 is 4.78. The predicted octanol–water partition coefficient (Wildman–Crippen LogP) is 2.95.